The minimum Gasteiger partial charge on any atom is -0.467 e. The minimum atomic E-state index is -3.47. The average Bonchev–Trinajstić information content (AvgIpc) is 3.46. The Bertz CT molecular complexity index is 1220. The van der Waals surface area contributed by atoms with E-state index in [9.17, 15) is 18.0 Å². The van der Waals surface area contributed by atoms with Gasteiger partial charge >= 0.3 is 6.03 Å². The molecule has 0 unspecified atom stereocenters. The van der Waals surface area contributed by atoms with Gasteiger partial charge in [0.05, 0.1) is 17.7 Å². The largest absolute Gasteiger partial charge is 0.467 e. The molecule has 10 heteroatoms. The van der Waals surface area contributed by atoms with Crippen molar-refractivity contribution in [3.8, 4) is 0 Å². The predicted octanol–water partition coefficient (Wildman–Crippen LogP) is 3.61. The first kappa shape index (κ1) is 23.5. The lowest BCUT2D eigenvalue weighted by Crippen LogP contribution is -2.27. The van der Waals surface area contributed by atoms with Crippen LogP contribution >= 0.6 is 0 Å². The molecule has 0 saturated heterocycles. The van der Waals surface area contributed by atoms with Crippen molar-refractivity contribution in [2.75, 3.05) is 10.6 Å². The third-order valence-electron chi connectivity index (χ3n) is 5.20. The molecule has 1 fully saturated rings. The first-order valence-corrected chi connectivity index (χ1v) is 12.4. The molecule has 1 saturated carbocycles. The number of hydrogen-bond acceptors (Lipinski definition) is 5. The van der Waals surface area contributed by atoms with Gasteiger partial charge in [0, 0.05) is 23.8 Å². The monoisotopic (exact) mass is 482 g/mol. The molecule has 1 aromatic heterocycles. The summed E-state index contributed by atoms with van der Waals surface area (Å²) in [5.74, 6) is 0.490. The van der Waals surface area contributed by atoms with Gasteiger partial charge in [0.1, 0.15) is 5.76 Å². The average molecular weight is 483 g/mol. The van der Waals surface area contributed by atoms with Crippen LogP contribution in [0.1, 0.15) is 30.6 Å². The molecule has 0 aliphatic heterocycles. The SMILES string of the molecule is O=C(CCc1ccc(S(=O)(=O)NC2CC2)cc1)Nc1ccc(NC(=O)NCc2ccco2)cc1. The van der Waals surface area contributed by atoms with Gasteiger partial charge < -0.3 is 20.4 Å². The zero-order valence-corrected chi connectivity index (χ0v) is 19.2. The van der Waals surface area contributed by atoms with Crippen LogP contribution in [0.4, 0.5) is 16.2 Å². The molecular weight excluding hydrogens is 456 g/mol. The topological polar surface area (TPSA) is 130 Å². The number of urea groups is 1. The Morgan fingerprint density at radius 1 is 0.912 bits per heavy atom. The summed E-state index contributed by atoms with van der Waals surface area (Å²) in [5.41, 5.74) is 2.07. The quantitative estimate of drug-likeness (QED) is 0.351. The van der Waals surface area contributed by atoms with Gasteiger partial charge in [-0.1, -0.05) is 12.1 Å². The van der Waals surface area contributed by atoms with Crippen molar-refractivity contribution in [2.45, 2.75) is 43.2 Å². The number of amides is 3. The first-order chi connectivity index (χ1) is 16.4. The van der Waals surface area contributed by atoms with Crippen molar-refractivity contribution in [1.29, 1.82) is 0 Å². The molecule has 4 N–H and O–H groups in total. The molecule has 0 atom stereocenters. The Hall–Kier alpha value is -3.63. The van der Waals surface area contributed by atoms with E-state index in [0.717, 1.165) is 18.4 Å². The lowest BCUT2D eigenvalue weighted by molar-refractivity contribution is -0.116. The van der Waals surface area contributed by atoms with Crippen LogP contribution in [-0.2, 0) is 27.8 Å². The summed E-state index contributed by atoms with van der Waals surface area (Å²) in [4.78, 5) is 24.5. The molecule has 1 aliphatic carbocycles. The Morgan fingerprint density at radius 3 is 2.21 bits per heavy atom. The smallest absolute Gasteiger partial charge is 0.319 e. The molecule has 0 spiro atoms. The standard InChI is InChI=1S/C24H26N4O5S/c29-23(14-5-17-3-12-22(13-4-17)34(31,32)28-20-10-11-20)26-18-6-8-19(9-7-18)27-24(30)25-16-21-2-1-15-33-21/h1-4,6-9,12-13,15,20,28H,5,10-11,14,16H2,(H,26,29)(H2,25,27,30). The highest BCUT2D eigenvalue weighted by atomic mass is 32.2. The number of rotatable bonds is 10. The third-order valence-corrected chi connectivity index (χ3v) is 6.74. The third kappa shape index (κ3) is 6.93. The van der Waals surface area contributed by atoms with Gasteiger partial charge in [-0.2, -0.15) is 0 Å². The summed E-state index contributed by atoms with van der Waals surface area (Å²) in [6.07, 6.45) is 4.04. The highest BCUT2D eigenvalue weighted by Crippen LogP contribution is 2.22. The number of nitrogens with one attached hydrogen (secondary N) is 4. The van der Waals surface area contributed by atoms with E-state index < -0.39 is 10.0 Å². The molecule has 2 aromatic carbocycles. The van der Waals surface area contributed by atoms with Crippen molar-refractivity contribution in [3.05, 3.63) is 78.3 Å². The van der Waals surface area contributed by atoms with Crippen LogP contribution in [0.2, 0.25) is 0 Å². The van der Waals surface area contributed by atoms with Crippen LogP contribution < -0.4 is 20.7 Å². The summed E-state index contributed by atoms with van der Waals surface area (Å²) in [5, 5.41) is 8.21. The van der Waals surface area contributed by atoms with Crippen molar-refractivity contribution < 1.29 is 22.4 Å². The second-order valence-corrected chi connectivity index (χ2v) is 9.77. The van der Waals surface area contributed by atoms with E-state index >= 15 is 0 Å². The molecule has 0 radical (unpaired) electrons. The number of furan rings is 1. The fourth-order valence-electron chi connectivity index (χ4n) is 3.20. The normalized spacial score (nSPS) is 13.3. The highest BCUT2D eigenvalue weighted by molar-refractivity contribution is 7.89. The summed E-state index contributed by atoms with van der Waals surface area (Å²) in [7, 11) is -3.47. The molecule has 34 heavy (non-hydrogen) atoms. The van der Waals surface area contributed by atoms with E-state index in [1.165, 1.54) is 0 Å². The number of aryl methyl sites for hydroxylation is 1. The number of carbonyl (C=O) groups excluding carboxylic acids is 2. The maximum absolute atomic E-state index is 12.3. The second kappa shape index (κ2) is 10.5. The molecule has 1 heterocycles. The number of benzene rings is 2. The van der Waals surface area contributed by atoms with E-state index in [4.69, 9.17) is 4.42 Å². The molecule has 4 rings (SSSR count). The van der Waals surface area contributed by atoms with Crippen molar-refractivity contribution in [1.82, 2.24) is 10.0 Å². The number of anilines is 2. The maximum Gasteiger partial charge on any atom is 0.319 e. The fraction of sp³-hybridized carbons (Fsp3) is 0.250. The van der Waals surface area contributed by atoms with Crippen LogP contribution in [0.3, 0.4) is 0 Å². The Kier molecular flexibility index (Phi) is 7.29. The summed E-state index contributed by atoms with van der Waals surface area (Å²) >= 11 is 0. The van der Waals surface area contributed by atoms with E-state index in [2.05, 4.69) is 20.7 Å². The van der Waals surface area contributed by atoms with E-state index in [0.29, 0.717) is 23.6 Å². The maximum atomic E-state index is 12.3. The van der Waals surface area contributed by atoms with Gasteiger partial charge in [-0.25, -0.2) is 17.9 Å². The lowest BCUT2D eigenvalue weighted by Gasteiger charge is -2.09. The van der Waals surface area contributed by atoms with Gasteiger partial charge in [0.25, 0.3) is 0 Å². The van der Waals surface area contributed by atoms with Gasteiger partial charge in [-0.3, -0.25) is 4.79 Å². The Morgan fingerprint density at radius 2 is 1.59 bits per heavy atom. The van der Waals surface area contributed by atoms with Crippen LogP contribution in [0, 0.1) is 0 Å². The van der Waals surface area contributed by atoms with Gasteiger partial charge in [-0.05, 0) is 73.4 Å². The molecule has 3 aromatic rings. The molecule has 9 nitrogen and oxygen atoms in total. The summed E-state index contributed by atoms with van der Waals surface area (Å²) < 4.78 is 32.2. The molecular formula is C24H26N4O5S. The molecule has 3 amide bonds. The Balaban J connectivity index is 1.20. The first-order valence-electron chi connectivity index (χ1n) is 11.0. The molecule has 178 valence electrons. The van der Waals surface area contributed by atoms with Crippen molar-refractivity contribution in [3.63, 3.8) is 0 Å². The van der Waals surface area contributed by atoms with Crippen LogP contribution in [-0.4, -0.2) is 26.4 Å². The van der Waals surface area contributed by atoms with Gasteiger partial charge in [-0.15, -0.1) is 0 Å². The number of sulfonamides is 1. The fourth-order valence-corrected chi connectivity index (χ4v) is 4.50. The predicted molar refractivity (Wildman–Crippen MR) is 128 cm³/mol. The zero-order chi connectivity index (χ0) is 24.0. The van der Waals surface area contributed by atoms with E-state index in [-0.39, 0.29) is 35.8 Å². The number of hydrogen-bond donors (Lipinski definition) is 4. The van der Waals surface area contributed by atoms with Crippen LogP contribution in [0.25, 0.3) is 0 Å². The molecule has 0 bridgehead atoms. The van der Waals surface area contributed by atoms with Crippen LogP contribution in [0.15, 0.2) is 76.2 Å². The number of carbonyl (C=O) groups is 2. The van der Waals surface area contributed by atoms with E-state index in [1.807, 2.05) is 0 Å². The van der Waals surface area contributed by atoms with Crippen LogP contribution in [0.5, 0.6) is 0 Å². The highest BCUT2D eigenvalue weighted by Gasteiger charge is 2.27. The van der Waals surface area contributed by atoms with Gasteiger partial charge in [0.2, 0.25) is 15.9 Å². The zero-order valence-electron chi connectivity index (χ0n) is 18.4. The van der Waals surface area contributed by atoms with Gasteiger partial charge in [0.15, 0.2) is 0 Å². The lowest BCUT2D eigenvalue weighted by atomic mass is 10.1. The van der Waals surface area contributed by atoms with Crippen molar-refractivity contribution >= 4 is 33.3 Å². The summed E-state index contributed by atoms with van der Waals surface area (Å²) in [6, 6.07) is 16.6. The summed E-state index contributed by atoms with van der Waals surface area (Å²) in [6.45, 7) is 0.281. The van der Waals surface area contributed by atoms with Crippen molar-refractivity contribution in [2.24, 2.45) is 0 Å². The minimum absolute atomic E-state index is 0.0581. The molecule has 1 aliphatic rings. The second-order valence-electron chi connectivity index (χ2n) is 8.05. The van der Waals surface area contributed by atoms with E-state index in [1.54, 1.807) is 66.9 Å². The Labute approximate surface area is 198 Å².